The molecule has 1 aliphatic heterocycles. The Morgan fingerprint density at radius 3 is 2.49 bits per heavy atom. The van der Waals surface area contributed by atoms with Crippen LogP contribution >= 0.6 is 11.6 Å². The maximum atomic E-state index is 5.96. The second-order valence-electron chi connectivity index (χ2n) is 8.57. The van der Waals surface area contributed by atoms with E-state index in [0.29, 0.717) is 67.3 Å². The molecular formula is C28H28ClN7O3. The Morgan fingerprint density at radius 1 is 0.949 bits per heavy atom. The third-order valence-corrected chi connectivity index (χ3v) is 6.07. The average molecular weight is 546 g/mol. The number of nitrogens with one attached hydrogen (secondary N) is 2. The van der Waals surface area contributed by atoms with Gasteiger partial charge in [0, 0.05) is 23.8 Å². The van der Waals surface area contributed by atoms with E-state index in [1.54, 1.807) is 13.3 Å². The Bertz CT molecular complexity index is 1400. The number of hydrogen-bond acceptors (Lipinski definition) is 10. The predicted octanol–water partition coefficient (Wildman–Crippen LogP) is 5.14. The molecule has 2 N–H and O–H groups in total. The molecule has 11 heteroatoms. The van der Waals surface area contributed by atoms with Gasteiger partial charge in [0.15, 0.2) is 11.5 Å². The molecule has 200 valence electrons. The van der Waals surface area contributed by atoms with Crippen molar-refractivity contribution in [2.24, 2.45) is 5.10 Å². The molecule has 10 nitrogen and oxygen atoms in total. The molecule has 2 heterocycles. The van der Waals surface area contributed by atoms with Gasteiger partial charge in [-0.1, -0.05) is 41.9 Å². The molecule has 0 bridgehead atoms. The average Bonchev–Trinajstić information content (AvgIpc) is 2.98. The molecule has 0 radical (unpaired) electrons. The summed E-state index contributed by atoms with van der Waals surface area (Å²) < 4.78 is 16.9. The van der Waals surface area contributed by atoms with Gasteiger partial charge in [-0.2, -0.15) is 20.1 Å². The van der Waals surface area contributed by atoms with Gasteiger partial charge < -0.3 is 24.4 Å². The summed E-state index contributed by atoms with van der Waals surface area (Å²) in [4.78, 5) is 15.7. The van der Waals surface area contributed by atoms with Crippen molar-refractivity contribution >= 4 is 41.3 Å². The minimum absolute atomic E-state index is 0.316. The van der Waals surface area contributed by atoms with Crippen LogP contribution in [0, 0.1) is 0 Å². The van der Waals surface area contributed by atoms with Gasteiger partial charge in [0.2, 0.25) is 17.8 Å². The zero-order valence-electron chi connectivity index (χ0n) is 21.4. The molecule has 1 aromatic heterocycles. The summed E-state index contributed by atoms with van der Waals surface area (Å²) in [5.41, 5.74) is 5.61. The van der Waals surface area contributed by atoms with E-state index in [4.69, 9.17) is 25.8 Å². The van der Waals surface area contributed by atoms with Crippen molar-refractivity contribution in [2.45, 2.75) is 6.61 Å². The van der Waals surface area contributed by atoms with Crippen molar-refractivity contribution in [3.05, 3.63) is 88.9 Å². The van der Waals surface area contributed by atoms with E-state index in [0.717, 1.165) is 16.8 Å². The summed E-state index contributed by atoms with van der Waals surface area (Å²) in [6.07, 6.45) is 1.66. The van der Waals surface area contributed by atoms with Crippen LogP contribution in [0.15, 0.2) is 77.9 Å². The summed E-state index contributed by atoms with van der Waals surface area (Å²) >= 11 is 5.96. The van der Waals surface area contributed by atoms with Crippen LogP contribution in [0.2, 0.25) is 5.02 Å². The number of para-hydroxylation sites is 1. The molecule has 0 unspecified atom stereocenters. The van der Waals surface area contributed by atoms with Gasteiger partial charge in [-0.25, -0.2) is 5.43 Å². The van der Waals surface area contributed by atoms with Crippen LogP contribution < -0.4 is 25.1 Å². The van der Waals surface area contributed by atoms with Gasteiger partial charge in [-0.15, -0.1) is 0 Å². The summed E-state index contributed by atoms with van der Waals surface area (Å²) in [5, 5.41) is 8.26. The minimum atomic E-state index is 0.316. The Labute approximate surface area is 231 Å². The van der Waals surface area contributed by atoms with Crippen LogP contribution in [0.4, 0.5) is 23.5 Å². The highest BCUT2D eigenvalue weighted by molar-refractivity contribution is 6.30. The number of halogens is 1. The van der Waals surface area contributed by atoms with Crippen LogP contribution in [0.3, 0.4) is 0 Å². The highest BCUT2D eigenvalue weighted by atomic mass is 35.5. The van der Waals surface area contributed by atoms with Crippen LogP contribution in [-0.4, -0.2) is 54.6 Å². The van der Waals surface area contributed by atoms with Gasteiger partial charge in [0.05, 0.1) is 26.5 Å². The fraction of sp³-hybridized carbons (Fsp3) is 0.214. The van der Waals surface area contributed by atoms with E-state index >= 15 is 0 Å². The first-order chi connectivity index (χ1) is 19.2. The number of anilines is 4. The maximum absolute atomic E-state index is 5.96. The summed E-state index contributed by atoms with van der Waals surface area (Å²) in [7, 11) is 1.60. The van der Waals surface area contributed by atoms with E-state index in [1.807, 2.05) is 72.8 Å². The normalized spacial score (nSPS) is 13.3. The Kier molecular flexibility index (Phi) is 8.67. The largest absolute Gasteiger partial charge is 0.493 e. The molecular weight excluding hydrogens is 518 g/mol. The quantitative estimate of drug-likeness (QED) is 0.207. The second-order valence-corrected chi connectivity index (χ2v) is 9.00. The van der Waals surface area contributed by atoms with Crippen molar-refractivity contribution in [1.29, 1.82) is 0 Å². The summed E-state index contributed by atoms with van der Waals surface area (Å²) in [5.74, 6) is 2.50. The lowest BCUT2D eigenvalue weighted by atomic mass is 10.2. The van der Waals surface area contributed by atoms with E-state index < -0.39 is 0 Å². The Balaban J connectivity index is 1.28. The third kappa shape index (κ3) is 7.34. The fourth-order valence-electron chi connectivity index (χ4n) is 3.82. The van der Waals surface area contributed by atoms with Crippen molar-refractivity contribution in [3.63, 3.8) is 0 Å². The molecule has 0 spiro atoms. The van der Waals surface area contributed by atoms with Crippen LogP contribution in [0.25, 0.3) is 0 Å². The predicted molar refractivity (Wildman–Crippen MR) is 153 cm³/mol. The number of hydrazone groups is 1. The Hall–Kier alpha value is -4.41. The summed E-state index contributed by atoms with van der Waals surface area (Å²) in [6, 6.07) is 22.8. The zero-order valence-corrected chi connectivity index (χ0v) is 22.1. The molecule has 5 rings (SSSR count). The number of ether oxygens (including phenoxy) is 3. The van der Waals surface area contributed by atoms with Gasteiger partial charge >= 0.3 is 0 Å². The number of benzene rings is 3. The molecule has 0 saturated carbocycles. The van der Waals surface area contributed by atoms with Gasteiger partial charge in [-0.05, 0) is 53.6 Å². The molecule has 39 heavy (non-hydrogen) atoms. The number of morpholine rings is 1. The maximum Gasteiger partial charge on any atom is 0.250 e. The van der Waals surface area contributed by atoms with E-state index in [-0.39, 0.29) is 0 Å². The number of methoxy groups -OCH3 is 1. The van der Waals surface area contributed by atoms with Crippen molar-refractivity contribution in [3.8, 4) is 11.5 Å². The Morgan fingerprint density at radius 2 is 1.72 bits per heavy atom. The first kappa shape index (κ1) is 26.2. The topological polar surface area (TPSA) is 106 Å². The molecule has 0 atom stereocenters. The lowest BCUT2D eigenvalue weighted by Crippen LogP contribution is -2.37. The first-order valence-corrected chi connectivity index (χ1v) is 12.8. The molecule has 4 aromatic rings. The standard InChI is InChI=1S/C28H28ClN7O3/c1-37-25-17-21(9-12-24(25)39-19-20-7-10-22(29)11-8-20)18-30-35-27-32-26(31-23-5-3-2-4-6-23)33-28(34-27)36-13-15-38-16-14-36/h2-12,17-18H,13-16,19H2,1H3,(H2,31,32,33,34,35)/b30-18+. The number of nitrogens with zero attached hydrogens (tertiary/aromatic N) is 5. The van der Waals surface area contributed by atoms with Gasteiger partial charge in [0.25, 0.3) is 0 Å². The third-order valence-electron chi connectivity index (χ3n) is 5.82. The lowest BCUT2D eigenvalue weighted by Gasteiger charge is -2.27. The molecule has 0 amide bonds. The molecule has 1 aliphatic rings. The molecule has 0 aliphatic carbocycles. The number of aromatic nitrogens is 3. The zero-order chi connectivity index (χ0) is 26.9. The van der Waals surface area contributed by atoms with Crippen LogP contribution in [-0.2, 0) is 11.3 Å². The van der Waals surface area contributed by atoms with Gasteiger partial charge in [0.1, 0.15) is 6.61 Å². The van der Waals surface area contributed by atoms with E-state index in [9.17, 15) is 0 Å². The molecule has 1 fully saturated rings. The SMILES string of the molecule is COc1cc(/C=N/Nc2nc(Nc3ccccc3)nc(N3CCOCC3)n2)ccc1OCc1ccc(Cl)cc1. The smallest absolute Gasteiger partial charge is 0.250 e. The molecule has 1 saturated heterocycles. The monoisotopic (exact) mass is 545 g/mol. The second kappa shape index (κ2) is 12.9. The van der Waals surface area contributed by atoms with Crippen molar-refractivity contribution < 1.29 is 14.2 Å². The lowest BCUT2D eigenvalue weighted by molar-refractivity contribution is 0.122. The number of rotatable bonds is 10. The fourth-order valence-corrected chi connectivity index (χ4v) is 3.94. The minimum Gasteiger partial charge on any atom is -0.493 e. The van der Waals surface area contributed by atoms with Crippen LogP contribution in [0.1, 0.15) is 11.1 Å². The van der Waals surface area contributed by atoms with Crippen molar-refractivity contribution in [1.82, 2.24) is 15.0 Å². The highest BCUT2D eigenvalue weighted by Crippen LogP contribution is 2.28. The summed E-state index contributed by atoms with van der Waals surface area (Å²) in [6.45, 7) is 3.03. The number of hydrogen-bond donors (Lipinski definition) is 2. The van der Waals surface area contributed by atoms with E-state index in [1.165, 1.54) is 0 Å². The van der Waals surface area contributed by atoms with E-state index in [2.05, 4.69) is 35.7 Å². The highest BCUT2D eigenvalue weighted by Gasteiger charge is 2.17. The molecule has 3 aromatic carbocycles. The van der Waals surface area contributed by atoms with Gasteiger partial charge in [-0.3, -0.25) is 0 Å². The van der Waals surface area contributed by atoms with Crippen molar-refractivity contribution in [2.75, 3.05) is 49.1 Å². The van der Waals surface area contributed by atoms with Crippen LogP contribution in [0.5, 0.6) is 11.5 Å². The first-order valence-electron chi connectivity index (χ1n) is 12.4.